The van der Waals surface area contributed by atoms with E-state index < -0.39 is 0 Å². The maximum absolute atomic E-state index is 10.3. The summed E-state index contributed by atoms with van der Waals surface area (Å²) < 4.78 is 11.4. The molecule has 6 nitrogen and oxygen atoms in total. The van der Waals surface area contributed by atoms with Crippen LogP contribution in [0.4, 0.5) is 0 Å². The summed E-state index contributed by atoms with van der Waals surface area (Å²) in [6, 6.07) is 4.21. The van der Waals surface area contributed by atoms with E-state index in [1.165, 1.54) is 11.8 Å². The van der Waals surface area contributed by atoms with Crippen LogP contribution >= 0.6 is 36.6 Å². The first-order valence-electron chi connectivity index (χ1n) is 9.62. The second kappa shape index (κ2) is 10.7. The van der Waals surface area contributed by atoms with Crippen LogP contribution in [0.25, 0.3) is 0 Å². The van der Waals surface area contributed by atoms with E-state index in [9.17, 15) is 5.11 Å². The number of aromatic nitrogens is 2. The quantitative estimate of drug-likeness (QED) is 0.517. The van der Waals surface area contributed by atoms with Gasteiger partial charge in [0.05, 0.1) is 31.6 Å². The van der Waals surface area contributed by atoms with E-state index in [0.29, 0.717) is 18.8 Å². The number of rotatable bonds is 5. The standard InChI is InChI=1S/C21H25N3O3S.2ClH/c1-4-27-19-8-14-15-7-13(25)5-6-17(15)24-20(16(14)9-18(19)26-2)12-10-22-21(28-3)23-11-12;;/h8-11,13,15,17,25H,4-7H2,1-3H3;2*1H/t13-,15-,17-;;/m1../s1. The van der Waals surface area contributed by atoms with Crippen LogP contribution in [0.5, 0.6) is 11.5 Å². The lowest BCUT2D eigenvalue weighted by molar-refractivity contribution is 0.111. The van der Waals surface area contributed by atoms with Gasteiger partial charge in [0.2, 0.25) is 0 Å². The Balaban J connectivity index is 0.00000160. The van der Waals surface area contributed by atoms with E-state index in [1.54, 1.807) is 7.11 Å². The van der Waals surface area contributed by atoms with E-state index >= 15 is 0 Å². The van der Waals surface area contributed by atoms with Gasteiger partial charge in [-0.05, 0) is 50.1 Å². The molecule has 0 bridgehead atoms. The fraction of sp³-hybridized carbons (Fsp3) is 0.476. The lowest BCUT2D eigenvalue weighted by Gasteiger charge is -2.37. The molecular formula is C21H27Cl2N3O3S. The number of hydrogen-bond acceptors (Lipinski definition) is 7. The van der Waals surface area contributed by atoms with Crippen molar-refractivity contribution in [2.75, 3.05) is 20.0 Å². The lowest BCUT2D eigenvalue weighted by Crippen LogP contribution is -2.34. The summed E-state index contributed by atoms with van der Waals surface area (Å²) >= 11 is 1.52. The van der Waals surface area contributed by atoms with Gasteiger partial charge in [0, 0.05) is 29.4 Å². The fourth-order valence-electron chi connectivity index (χ4n) is 4.15. The monoisotopic (exact) mass is 471 g/mol. The molecule has 1 N–H and O–H groups in total. The molecule has 1 aromatic heterocycles. The molecule has 3 atom stereocenters. The molecule has 1 aromatic carbocycles. The molecule has 2 aromatic rings. The average Bonchev–Trinajstić information content (AvgIpc) is 2.73. The van der Waals surface area contributed by atoms with Gasteiger partial charge in [-0.25, -0.2) is 9.97 Å². The summed E-state index contributed by atoms with van der Waals surface area (Å²) in [5.74, 6) is 1.60. The van der Waals surface area contributed by atoms with Crippen LogP contribution in [0.2, 0.25) is 0 Å². The van der Waals surface area contributed by atoms with E-state index in [0.717, 1.165) is 46.1 Å². The summed E-state index contributed by atoms with van der Waals surface area (Å²) in [4.78, 5) is 13.9. The molecule has 164 valence electrons. The zero-order valence-electron chi connectivity index (χ0n) is 17.2. The van der Waals surface area contributed by atoms with Gasteiger partial charge in [-0.3, -0.25) is 4.99 Å². The molecule has 0 spiro atoms. The van der Waals surface area contributed by atoms with Crippen LogP contribution in [0, 0.1) is 0 Å². The summed E-state index contributed by atoms with van der Waals surface area (Å²) in [6.07, 6.45) is 7.71. The molecule has 1 aliphatic heterocycles. The highest BCUT2D eigenvalue weighted by Gasteiger charge is 2.37. The third kappa shape index (κ3) is 4.69. The molecule has 1 saturated carbocycles. The molecule has 1 aliphatic carbocycles. The highest BCUT2D eigenvalue weighted by Crippen LogP contribution is 2.44. The average molecular weight is 472 g/mol. The first-order valence-corrected chi connectivity index (χ1v) is 10.8. The van der Waals surface area contributed by atoms with Crippen molar-refractivity contribution < 1.29 is 14.6 Å². The molecule has 30 heavy (non-hydrogen) atoms. The molecule has 1 fully saturated rings. The largest absolute Gasteiger partial charge is 0.493 e. The number of benzene rings is 1. The number of aliphatic imine (C=N–C) groups is 1. The van der Waals surface area contributed by atoms with Crippen LogP contribution in [0.1, 0.15) is 48.8 Å². The van der Waals surface area contributed by atoms with Gasteiger partial charge >= 0.3 is 0 Å². The van der Waals surface area contributed by atoms with Crippen molar-refractivity contribution in [3.8, 4) is 11.5 Å². The van der Waals surface area contributed by atoms with Crippen LogP contribution in [0.3, 0.4) is 0 Å². The van der Waals surface area contributed by atoms with Crippen LogP contribution in [-0.2, 0) is 0 Å². The number of ether oxygens (including phenoxy) is 2. The van der Waals surface area contributed by atoms with Crippen molar-refractivity contribution in [3.05, 3.63) is 41.2 Å². The van der Waals surface area contributed by atoms with Gasteiger partial charge in [0.15, 0.2) is 16.7 Å². The Kier molecular flexibility index (Phi) is 8.79. The molecule has 2 aliphatic rings. The number of fused-ring (bicyclic) bond motifs is 3. The number of methoxy groups -OCH3 is 1. The minimum atomic E-state index is -0.285. The lowest BCUT2D eigenvalue weighted by atomic mass is 9.74. The highest BCUT2D eigenvalue weighted by atomic mass is 35.5. The van der Waals surface area contributed by atoms with Crippen LogP contribution in [0.15, 0.2) is 34.7 Å². The van der Waals surface area contributed by atoms with Gasteiger partial charge in [0.1, 0.15) is 0 Å². The molecule has 0 saturated heterocycles. The Morgan fingerprint density at radius 1 is 1.13 bits per heavy atom. The molecular weight excluding hydrogens is 445 g/mol. The predicted molar refractivity (Wildman–Crippen MR) is 124 cm³/mol. The Hall–Kier alpha value is -1.54. The van der Waals surface area contributed by atoms with Gasteiger partial charge in [0.25, 0.3) is 0 Å². The number of thioether (sulfide) groups is 1. The van der Waals surface area contributed by atoms with E-state index in [-0.39, 0.29) is 42.9 Å². The van der Waals surface area contributed by atoms with E-state index in [2.05, 4.69) is 16.0 Å². The fourth-order valence-corrected chi connectivity index (χ4v) is 4.46. The minimum absolute atomic E-state index is 0. The third-order valence-electron chi connectivity index (χ3n) is 5.46. The first-order chi connectivity index (χ1) is 13.6. The van der Waals surface area contributed by atoms with Crippen molar-refractivity contribution >= 4 is 42.3 Å². The third-order valence-corrected chi connectivity index (χ3v) is 6.03. The van der Waals surface area contributed by atoms with Crippen molar-refractivity contribution in [3.63, 3.8) is 0 Å². The number of aliphatic hydroxyl groups excluding tert-OH is 1. The predicted octanol–water partition coefficient (Wildman–Crippen LogP) is 4.30. The van der Waals surface area contributed by atoms with Gasteiger partial charge < -0.3 is 14.6 Å². The minimum Gasteiger partial charge on any atom is -0.493 e. The van der Waals surface area contributed by atoms with Crippen molar-refractivity contribution in [1.29, 1.82) is 0 Å². The Morgan fingerprint density at radius 3 is 2.50 bits per heavy atom. The van der Waals surface area contributed by atoms with E-state index in [1.807, 2.05) is 31.6 Å². The van der Waals surface area contributed by atoms with Crippen molar-refractivity contribution in [2.45, 2.75) is 49.4 Å². The van der Waals surface area contributed by atoms with Crippen LogP contribution in [-0.4, -0.2) is 52.9 Å². The smallest absolute Gasteiger partial charge is 0.187 e. The van der Waals surface area contributed by atoms with Gasteiger partial charge in [-0.2, -0.15) is 0 Å². The normalized spacial score (nSPS) is 21.9. The second-order valence-corrected chi connectivity index (χ2v) is 7.87. The van der Waals surface area contributed by atoms with Crippen molar-refractivity contribution in [2.24, 2.45) is 4.99 Å². The summed E-state index contributed by atoms with van der Waals surface area (Å²) in [7, 11) is 1.65. The summed E-state index contributed by atoms with van der Waals surface area (Å²) in [6.45, 7) is 2.53. The summed E-state index contributed by atoms with van der Waals surface area (Å²) in [5.41, 5.74) is 3.96. The Labute approximate surface area is 193 Å². The molecule has 0 radical (unpaired) electrons. The number of halogens is 2. The van der Waals surface area contributed by atoms with Gasteiger partial charge in [-0.15, -0.1) is 24.8 Å². The van der Waals surface area contributed by atoms with Gasteiger partial charge in [-0.1, -0.05) is 11.8 Å². The summed E-state index contributed by atoms with van der Waals surface area (Å²) in [5, 5.41) is 11.0. The SMILES string of the molecule is CCOc1cc2c(cc1OC)C(c1cnc(SC)nc1)=N[C@@H]1CC[C@@H](O)C[C@H]21.Cl.Cl. The molecule has 9 heteroatoms. The topological polar surface area (TPSA) is 76.8 Å². The maximum atomic E-state index is 10.3. The Bertz CT molecular complexity index is 896. The zero-order valence-corrected chi connectivity index (χ0v) is 19.6. The molecule has 0 amide bonds. The molecule has 4 rings (SSSR count). The number of nitrogens with zero attached hydrogens (tertiary/aromatic N) is 3. The number of aliphatic hydroxyl groups is 1. The first kappa shape index (κ1) is 24.7. The number of hydrogen-bond donors (Lipinski definition) is 1. The van der Waals surface area contributed by atoms with Crippen LogP contribution < -0.4 is 9.47 Å². The second-order valence-electron chi connectivity index (χ2n) is 7.10. The molecule has 2 heterocycles. The zero-order chi connectivity index (χ0) is 19.7. The molecule has 0 unspecified atom stereocenters. The van der Waals surface area contributed by atoms with Crippen molar-refractivity contribution in [1.82, 2.24) is 9.97 Å². The maximum Gasteiger partial charge on any atom is 0.187 e. The highest BCUT2D eigenvalue weighted by molar-refractivity contribution is 7.98. The van der Waals surface area contributed by atoms with E-state index in [4.69, 9.17) is 14.5 Å². The Morgan fingerprint density at radius 2 is 1.87 bits per heavy atom.